The predicted molar refractivity (Wildman–Crippen MR) is 124 cm³/mol. The minimum Gasteiger partial charge on any atom is -0.484 e. The van der Waals surface area contributed by atoms with Crippen molar-refractivity contribution in [2.24, 2.45) is 0 Å². The Morgan fingerprint density at radius 3 is 2.03 bits per heavy atom. The molecule has 0 aliphatic carbocycles. The first-order valence-corrected chi connectivity index (χ1v) is 11.4. The molecule has 0 atom stereocenters. The van der Waals surface area contributed by atoms with E-state index in [1.54, 1.807) is 30.3 Å². The average Bonchev–Trinajstić information content (AvgIpc) is 2.64. The van der Waals surface area contributed by atoms with E-state index in [1.807, 2.05) is 19.9 Å². The van der Waals surface area contributed by atoms with Gasteiger partial charge in [0.1, 0.15) is 5.75 Å². The van der Waals surface area contributed by atoms with Crippen LogP contribution in [0.5, 0.6) is 5.75 Å². The summed E-state index contributed by atoms with van der Waals surface area (Å²) in [5.41, 5.74) is 2.86. The summed E-state index contributed by atoms with van der Waals surface area (Å²) in [6.07, 6.45) is 0. The van der Waals surface area contributed by atoms with Gasteiger partial charge in [-0.1, -0.05) is 29.3 Å². The van der Waals surface area contributed by atoms with Crippen LogP contribution in [0.1, 0.15) is 11.1 Å². The smallest absolute Gasteiger partial charge is 0.262 e. The number of hydrogen-bond acceptors (Lipinski definition) is 4. The standard InChI is InChI=1S/C22H20Cl2N2O4S/c1-14-7-15(2)9-19(8-14)26-31(28,29)21-5-3-20(4-6-21)30-13-22(27)25-18-11-16(23)10-17(24)12-18/h3-12,26H,13H2,1-2H3,(H,25,27). The average molecular weight is 479 g/mol. The van der Waals surface area contributed by atoms with Gasteiger partial charge in [0.05, 0.1) is 4.90 Å². The topological polar surface area (TPSA) is 84.5 Å². The maximum Gasteiger partial charge on any atom is 0.262 e. The van der Waals surface area contributed by atoms with Crippen LogP contribution in [0.2, 0.25) is 10.0 Å². The highest BCUT2D eigenvalue weighted by Gasteiger charge is 2.15. The Morgan fingerprint density at radius 2 is 1.45 bits per heavy atom. The van der Waals surface area contributed by atoms with Gasteiger partial charge in [0.15, 0.2) is 6.61 Å². The Balaban J connectivity index is 1.60. The van der Waals surface area contributed by atoms with E-state index in [1.165, 1.54) is 24.3 Å². The number of ether oxygens (including phenoxy) is 1. The van der Waals surface area contributed by atoms with Crippen molar-refractivity contribution in [1.29, 1.82) is 0 Å². The SMILES string of the molecule is Cc1cc(C)cc(NS(=O)(=O)c2ccc(OCC(=O)Nc3cc(Cl)cc(Cl)c3)cc2)c1. The molecule has 31 heavy (non-hydrogen) atoms. The van der Waals surface area contributed by atoms with Crippen LogP contribution in [0.4, 0.5) is 11.4 Å². The second-order valence-electron chi connectivity index (χ2n) is 6.95. The van der Waals surface area contributed by atoms with Crippen LogP contribution in [-0.2, 0) is 14.8 Å². The molecule has 3 aromatic carbocycles. The summed E-state index contributed by atoms with van der Waals surface area (Å²) in [7, 11) is -3.75. The van der Waals surface area contributed by atoms with E-state index in [0.29, 0.717) is 27.2 Å². The molecule has 2 N–H and O–H groups in total. The lowest BCUT2D eigenvalue weighted by molar-refractivity contribution is -0.118. The van der Waals surface area contributed by atoms with Gasteiger partial charge in [-0.3, -0.25) is 9.52 Å². The van der Waals surface area contributed by atoms with Gasteiger partial charge in [-0.2, -0.15) is 0 Å². The van der Waals surface area contributed by atoms with Crippen molar-refractivity contribution in [1.82, 2.24) is 0 Å². The van der Waals surface area contributed by atoms with E-state index < -0.39 is 15.9 Å². The molecule has 0 spiro atoms. The normalized spacial score (nSPS) is 11.1. The molecule has 0 aliphatic rings. The molecule has 0 aliphatic heterocycles. The second kappa shape index (κ2) is 9.60. The highest BCUT2D eigenvalue weighted by Crippen LogP contribution is 2.23. The molecule has 9 heteroatoms. The van der Waals surface area contributed by atoms with Crippen molar-refractivity contribution in [3.05, 3.63) is 81.8 Å². The first kappa shape index (κ1) is 22.9. The number of aryl methyl sites for hydroxylation is 2. The second-order valence-corrected chi connectivity index (χ2v) is 9.50. The fourth-order valence-corrected chi connectivity index (χ4v) is 4.50. The third-order valence-electron chi connectivity index (χ3n) is 4.12. The lowest BCUT2D eigenvalue weighted by Gasteiger charge is -2.11. The quantitative estimate of drug-likeness (QED) is 0.474. The summed E-state index contributed by atoms with van der Waals surface area (Å²) >= 11 is 11.8. The number of rotatable bonds is 7. The zero-order valence-corrected chi connectivity index (χ0v) is 19.1. The van der Waals surface area contributed by atoms with Crippen molar-refractivity contribution < 1.29 is 17.9 Å². The summed E-state index contributed by atoms with van der Waals surface area (Å²) in [4.78, 5) is 12.1. The highest BCUT2D eigenvalue weighted by molar-refractivity contribution is 7.92. The van der Waals surface area contributed by atoms with Gasteiger partial charge in [-0.25, -0.2) is 8.42 Å². The number of hydrogen-bond donors (Lipinski definition) is 2. The maximum atomic E-state index is 12.6. The molecule has 0 unspecified atom stereocenters. The summed E-state index contributed by atoms with van der Waals surface area (Å²) < 4.78 is 33.2. The number of benzene rings is 3. The molecule has 1 amide bonds. The van der Waals surface area contributed by atoms with Gasteiger partial charge in [-0.05, 0) is 79.6 Å². The molecule has 3 aromatic rings. The zero-order valence-electron chi connectivity index (χ0n) is 16.8. The largest absolute Gasteiger partial charge is 0.484 e. The number of nitrogens with one attached hydrogen (secondary N) is 2. The van der Waals surface area contributed by atoms with Gasteiger partial charge in [-0.15, -0.1) is 0 Å². The van der Waals surface area contributed by atoms with Crippen molar-refractivity contribution in [3.63, 3.8) is 0 Å². The van der Waals surface area contributed by atoms with E-state index in [0.717, 1.165) is 11.1 Å². The van der Waals surface area contributed by atoms with E-state index in [4.69, 9.17) is 27.9 Å². The Hall–Kier alpha value is -2.74. The van der Waals surface area contributed by atoms with E-state index in [-0.39, 0.29) is 11.5 Å². The number of carbonyl (C=O) groups excluding carboxylic acids is 1. The Kier molecular flexibility index (Phi) is 7.10. The van der Waals surface area contributed by atoms with Gasteiger partial charge in [0.2, 0.25) is 0 Å². The Morgan fingerprint density at radius 1 is 0.871 bits per heavy atom. The first-order chi connectivity index (χ1) is 14.6. The predicted octanol–water partition coefficient (Wildman–Crippen LogP) is 5.43. The first-order valence-electron chi connectivity index (χ1n) is 9.21. The summed E-state index contributed by atoms with van der Waals surface area (Å²) in [6.45, 7) is 3.53. The molecule has 0 saturated heterocycles. The Bertz CT molecular complexity index is 1170. The van der Waals surface area contributed by atoms with Crippen molar-refractivity contribution in [3.8, 4) is 5.75 Å². The molecular formula is C22H20Cl2N2O4S. The molecule has 0 bridgehead atoms. The van der Waals surface area contributed by atoms with Crippen LogP contribution in [-0.4, -0.2) is 20.9 Å². The molecule has 0 heterocycles. The lowest BCUT2D eigenvalue weighted by atomic mass is 10.1. The number of halogens is 2. The van der Waals surface area contributed by atoms with Crippen molar-refractivity contribution >= 4 is 50.5 Å². The molecule has 0 radical (unpaired) electrons. The summed E-state index contributed by atoms with van der Waals surface area (Å²) in [5, 5.41) is 3.42. The van der Waals surface area contributed by atoms with Gasteiger partial charge < -0.3 is 10.1 Å². The number of sulfonamides is 1. The molecular weight excluding hydrogens is 459 g/mol. The Labute approximate surface area is 191 Å². The molecule has 3 rings (SSSR count). The van der Waals surface area contributed by atoms with Crippen LogP contribution < -0.4 is 14.8 Å². The zero-order chi connectivity index (χ0) is 22.6. The van der Waals surface area contributed by atoms with Crippen LogP contribution in [0.3, 0.4) is 0 Å². The van der Waals surface area contributed by atoms with Crippen molar-refractivity contribution in [2.75, 3.05) is 16.6 Å². The maximum absolute atomic E-state index is 12.6. The van der Waals surface area contributed by atoms with Gasteiger partial charge >= 0.3 is 0 Å². The van der Waals surface area contributed by atoms with Gasteiger partial charge in [0, 0.05) is 21.4 Å². The van der Waals surface area contributed by atoms with Crippen LogP contribution in [0.25, 0.3) is 0 Å². The summed E-state index contributed by atoms with van der Waals surface area (Å²) in [6, 6.07) is 16.0. The number of anilines is 2. The lowest BCUT2D eigenvalue weighted by Crippen LogP contribution is -2.20. The fourth-order valence-electron chi connectivity index (χ4n) is 2.93. The molecule has 0 saturated carbocycles. The van der Waals surface area contributed by atoms with Gasteiger partial charge in [0.25, 0.3) is 15.9 Å². The summed E-state index contributed by atoms with van der Waals surface area (Å²) in [5.74, 6) is -0.0591. The molecule has 0 aromatic heterocycles. The van der Waals surface area contributed by atoms with Crippen LogP contribution in [0.15, 0.2) is 65.6 Å². The number of amides is 1. The van der Waals surface area contributed by atoms with E-state index >= 15 is 0 Å². The minimum atomic E-state index is -3.75. The number of carbonyl (C=O) groups is 1. The fraction of sp³-hybridized carbons (Fsp3) is 0.136. The van der Waals surface area contributed by atoms with E-state index in [9.17, 15) is 13.2 Å². The third-order valence-corrected chi connectivity index (χ3v) is 5.96. The monoisotopic (exact) mass is 478 g/mol. The highest BCUT2D eigenvalue weighted by atomic mass is 35.5. The minimum absolute atomic E-state index is 0.0806. The molecule has 6 nitrogen and oxygen atoms in total. The molecule has 162 valence electrons. The third kappa shape index (κ3) is 6.62. The van der Waals surface area contributed by atoms with Crippen molar-refractivity contribution in [2.45, 2.75) is 18.7 Å². The van der Waals surface area contributed by atoms with E-state index in [2.05, 4.69) is 10.0 Å². The van der Waals surface area contributed by atoms with Crippen LogP contribution in [0, 0.1) is 13.8 Å². The molecule has 0 fully saturated rings. The van der Waals surface area contributed by atoms with Crippen LogP contribution >= 0.6 is 23.2 Å².